The average Bonchev–Trinajstić information content (AvgIpc) is 1.89. The molecule has 0 bridgehead atoms. The van der Waals surface area contributed by atoms with Crippen LogP contribution in [0, 0.1) is 11.3 Å². The minimum Gasteiger partial charge on any atom is -0.396 e. The van der Waals surface area contributed by atoms with Crippen molar-refractivity contribution in [1.82, 2.24) is 0 Å². The predicted molar refractivity (Wildman–Crippen MR) is 32.6 cm³/mol. The summed E-state index contributed by atoms with van der Waals surface area (Å²) >= 11 is 0. The average molecular weight is 129 g/mol. The molecular weight excluding hydrogens is 118 g/mol. The minimum absolute atomic E-state index is 0.137. The molecule has 0 amide bonds. The van der Waals surface area contributed by atoms with Gasteiger partial charge in [0.15, 0.2) is 0 Å². The second kappa shape index (κ2) is 5.54. The Labute approximate surface area is 54.5 Å². The van der Waals surface area contributed by atoms with Gasteiger partial charge in [0.25, 0.3) is 0 Å². The number of aliphatic hydroxyl groups is 2. The lowest BCUT2D eigenvalue weighted by Crippen LogP contribution is -2.01. The van der Waals surface area contributed by atoms with Crippen LogP contribution in [-0.2, 0) is 0 Å². The molecule has 0 rings (SSSR count). The third kappa shape index (κ3) is 5.28. The number of hydrogen-bond donors (Lipinski definition) is 2. The molecule has 0 heterocycles. The van der Waals surface area contributed by atoms with Gasteiger partial charge in [-0.2, -0.15) is 5.26 Å². The zero-order chi connectivity index (χ0) is 7.11. The van der Waals surface area contributed by atoms with Gasteiger partial charge in [0.05, 0.1) is 6.07 Å². The van der Waals surface area contributed by atoms with Crippen LogP contribution in [0.3, 0.4) is 0 Å². The summed E-state index contributed by atoms with van der Waals surface area (Å²) in [6.07, 6.45) is 0.998. The summed E-state index contributed by atoms with van der Waals surface area (Å²) in [4.78, 5) is 0. The number of aliphatic hydroxyl groups excluding tert-OH is 2. The summed E-state index contributed by atoms with van der Waals surface area (Å²) in [7, 11) is 0. The van der Waals surface area contributed by atoms with E-state index in [-0.39, 0.29) is 6.61 Å². The highest BCUT2D eigenvalue weighted by molar-refractivity contribution is 4.81. The van der Waals surface area contributed by atoms with Gasteiger partial charge in [0, 0.05) is 6.61 Å². The molecule has 9 heavy (non-hydrogen) atoms. The zero-order valence-electron chi connectivity index (χ0n) is 5.25. The maximum Gasteiger partial charge on any atom is 0.140 e. The van der Waals surface area contributed by atoms with E-state index in [2.05, 4.69) is 0 Å². The molecule has 1 unspecified atom stereocenters. The monoisotopic (exact) mass is 129 g/mol. The standard InChI is InChI=1S/C6H11NO2/c7-5-6(9)3-1-2-4-8/h6,8-9H,1-4H2. The molecule has 0 aromatic heterocycles. The van der Waals surface area contributed by atoms with Crippen LogP contribution in [0.4, 0.5) is 0 Å². The van der Waals surface area contributed by atoms with Crippen molar-refractivity contribution in [2.24, 2.45) is 0 Å². The van der Waals surface area contributed by atoms with Crippen molar-refractivity contribution in [2.45, 2.75) is 25.4 Å². The van der Waals surface area contributed by atoms with E-state index in [1.807, 2.05) is 0 Å². The van der Waals surface area contributed by atoms with Crippen molar-refractivity contribution in [1.29, 1.82) is 5.26 Å². The molecule has 3 nitrogen and oxygen atoms in total. The molecule has 0 saturated carbocycles. The van der Waals surface area contributed by atoms with E-state index < -0.39 is 6.10 Å². The lowest BCUT2D eigenvalue weighted by molar-refractivity contribution is 0.207. The van der Waals surface area contributed by atoms with E-state index in [1.54, 1.807) is 6.07 Å². The SMILES string of the molecule is N#CC(O)CCCCO. The quantitative estimate of drug-likeness (QED) is 0.416. The van der Waals surface area contributed by atoms with Gasteiger partial charge >= 0.3 is 0 Å². The van der Waals surface area contributed by atoms with Crippen LogP contribution in [0.15, 0.2) is 0 Å². The molecule has 3 heteroatoms. The Kier molecular flexibility index (Phi) is 5.18. The van der Waals surface area contributed by atoms with Crippen molar-refractivity contribution >= 4 is 0 Å². The fraction of sp³-hybridized carbons (Fsp3) is 0.833. The number of nitrogens with zero attached hydrogens (tertiary/aromatic N) is 1. The van der Waals surface area contributed by atoms with Crippen molar-refractivity contribution < 1.29 is 10.2 Å². The highest BCUT2D eigenvalue weighted by Crippen LogP contribution is 1.97. The van der Waals surface area contributed by atoms with E-state index in [0.717, 1.165) is 0 Å². The molecule has 1 atom stereocenters. The minimum atomic E-state index is -0.850. The first-order valence-corrected chi connectivity index (χ1v) is 2.99. The molecule has 52 valence electrons. The molecule has 0 saturated heterocycles. The van der Waals surface area contributed by atoms with Gasteiger partial charge in [-0.3, -0.25) is 0 Å². The van der Waals surface area contributed by atoms with Gasteiger partial charge in [-0.1, -0.05) is 0 Å². The second-order valence-corrected chi connectivity index (χ2v) is 1.86. The van der Waals surface area contributed by atoms with Gasteiger partial charge in [0.2, 0.25) is 0 Å². The van der Waals surface area contributed by atoms with E-state index in [1.165, 1.54) is 0 Å². The van der Waals surface area contributed by atoms with Crippen molar-refractivity contribution in [2.75, 3.05) is 6.61 Å². The largest absolute Gasteiger partial charge is 0.396 e. The first-order chi connectivity index (χ1) is 4.31. The zero-order valence-corrected chi connectivity index (χ0v) is 5.25. The Morgan fingerprint density at radius 2 is 2.11 bits per heavy atom. The van der Waals surface area contributed by atoms with E-state index in [0.29, 0.717) is 19.3 Å². The first-order valence-electron chi connectivity index (χ1n) is 2.99. The van der Waals surface area contributed by atoms with Crippen LogP contribution in [0.2, 0.25) is 0 Å². The smallest absolute Gasteiger partial charge is 0.140 e. The third-order valence-electron chi connectivity index (χ3n) is 1.03. The van der Waals surface area contributed by atoms with Crippen LogP contribution in [0.1, 0.15) is 19.3 Å². The fourth-order valence-corrected chi connectivity index (χ4v) is 0.514. The first kappa shape index (κ1) is 8.41. The molecule has 0 aliphatic heterocycles. The van der Waals surface area contributed by atoms with Crippen molar-refractivity contribution in [3.05, 3.63) is 0 Å². The molecule has 0 aromatic rings. The van der Waals surface area contributed by atoms with Crippen LogP contribution in [0.25, 0.3) is 0 Å². The Balaban J connectivity index is 2.99. The maximum absolute atomic E-state index is 8.64. The van der Waals surface area contributed by atoms with Crippen LogP contribution in [0.5, 0.6) is 0 Å². The Morgan fingerprint density at radius 1 is 1.44 bits per heavy atom. The summed E-state index contributed by atoms with van der Waals surface area (Å²) in [6, 6.07) is 1.70. The van der Waals surface area contributed by atoms with Gasteiger partial charge < -0.3 is 10.2 Å². The van der Waals surface area contributed by atoms with Gasteiger partial charge in [-0.05, 0) is 19.3 Å². The molecule has 0 aromatic carbocycles. The summed E-state index contributed by atoms with van der Waals surface area (Å²) in [5.74, 6) is 0. The molecule has 0 aliphatic carbocycles. The van der Waals surface area contributed by atoms with Crippen molar-refractivity contribution in [3.63, 3.8) is 0 Å². The topological polar surface area (TPSA) is 64.2 Å². The predicted octanol–water partition coefficient (Wildman–Crippen LogP) is 0.0335. The highest BCUT2D eigenvalue weighted by atomic mass is 16.3. The maximum atomic E-state index is 8.64. The number of nitriles is 1. The molecule has 2 N–H and O–H groups in total. The fourth-order valence-electron chi connectivity index (χ4n) is 0.514. The number of unbranched alkanes of at least 4 members (excludes halogenated alkanes) is 1. The molecule has 0 fully saturated rings. The Hall–Kier alpha value is -0.590. The molecule has 0 radical (unpaired) electrons. The molecular formula is C6H11NO2. The Bertz CT molecular complexity index is 97.7. The Morgan fingerprint density at radius 3 is 2.56 bits per heavy atom. The van der Waals surface area contributed by atoms with Crippen LogP contribution < -0.4 is 0 Å². The molecule has 0 aliphatic rings. The second-order valence-electron chi connectivity index (χ2n) is 1.86. The van der Waals surface area contributed by atoms with E-state index >= 15 is 0 Å². The lowest BCUT2D eigenvalue weighted by Gasteiger charge is -1.97. The highest BCUT2D eigenvalue weighted by Gasteiger charge is 1.98. The summed E-state index contributed by atoms with van der Waals surface area (Å²) in [6.45, 7) is 0.137. The van der Waals surface area contributed by atoms with E-state index in [9.17, 15) is 0 Å². The number of hydrogen-bond acceptors (Lipinski definition) is 3. The van der Waals surface area contributed by atoms with Crippen LogP contribution in [-0.4, -0.2) is 22.9 Å². The summed E-state index contributed by atoms with van der Waals surface area (Å²) < 4.78 is 0. The van der Waals surface area contributed by atoms with Crippen LogP contribution >= 0.6 is 0 Å². The molecule has 0 spiro atoms. The van der Waals surface area contributed by atoms with Gasteiger partial charge in [-0.25, -0.2) is 0 Å². The summed E-state index contributed by atoms with van der Waals surface area (Å²) in [5, 5.41) is 25.0. The van der Waals surface area contributed by atoms with E-state index in [4.69, 9.17) is 15.5 Å². The van der Waals surface area contributed by atoms with Crippen molar-refractivity contribution in [3.8, 4) is 6.07 Å². The van der Waals surface area contributed by atoms with Gasteiger partial charge in [-0.15, -0.1) is 0 Å². The number of rotatable bonds is 4. The van der Waals surface area contributed by atoms with Gasteiger partial charge in [0.1, 0.15) is 6.10 Å². The third-order valence-corrected chi connectivity index (χ3v) is 1.03. The summed E-state index contributed by atoms with van der Waals surface area (Å²) in [5.41, 5.74) is 0. The lowest BCUT2D eigenvalue weighted by atomic mass is 10.2. The normalized spacial score (nSPS) is 12.6.